The average molecular weight is 265 g/mol. The first-order valence-corrected chi connectivity index (χ1v) is 6.13. The van der Waals surface area contributed by atoms with E-state index in [-0.39, 0.29) is 6.10 Å². The van der Waals surface area contributed by atoms with Gasteiger partial charge in [-0.05, 0) is 26.8 Å². The Balaban J connectivity index is 2.16. The van der Waals surface area contributed by atoms with Gasteiger partial charge in [0.2, 0.25) is 0 Å². The molecule has 0 aromatic carbocycles. The number of rotatable bonds is 5. The summed E-state index contributed by atoms with van der Waals surface area (Å²) in [4.78, 5) is 4.28. The van der Waals surface area contributed by atoms with Crippen molar-refractivity contribution in [1.29, 1.82) is 0 Å². The molecule has 1 atom stereocenters. The minimum absolute atomic E-state index is 0.102. The van der Waals surface area contributed by atoms with Crippen LogP contribution in [-0.4, -0.2) is 32.6 Å². The topological polar surface area (TPSA) is 92.0 Å². The smallest absolute Gasteiger partial charge is 0.278 e. The zero-order valence-corrected chi connectivity index (χ0v) is 11.6. The van der Waals surface area contributed by atoms with Gasteiger partial charge in [-0.2, -0.15) is 10.1 Å². The lowest BCUT2D eigenvalue weighted by Gasteiger charge is -2.21. The van der Waals surface area contributed by atoms with Crippen LogP contribution in [0.15, 0.2) is 16.8 Å². The summed E-state index contributed by atoms with van der Waals surface area (Å²) in [5, 5.41) is 8.11. The zero-order valence-electron chi connectivity index (χ0n) is 11.6. The van der Waals surface area contributed by atoms with Crippen molar-refractivity contribution in [3.8, 4) is 11.6 Å². The minimum atomic E-state index is -0.791. The molecule has 0 spiro atoms. The van der Waals surface area contributed by atoms with E-state index in [4.69, 9.17) is 15.0 Å². The predicted octanol–water partition coefficient (Wildman–Crippen LogP) is 1.07. The first-order valence-electron chi connectivity index (χ1n) is 6.13. The molecule has 0 aliphatic carbocycles. The maximum absolute atomic E-state index is 6.15. The van der Waals surface area contributed by atoms with Gasteiger partial charge >= 0.3 is 0 Å². The molecule has 0 radical (unpaired) electrons. The van der Waals surface area contributed by atoms with Crippen LogP contribution >= 0.6 is 0 Å². The van der Waals surface area contributed by atoms with Crippen molar-refractivity contribution in [2.75, 3.05) is 6.61 Å². The Kier molecular flexibility index (Phi) is 3.68. The minimum Gasteiger partial charge on any atom is -0.376 e. The van der Waals surface area contributed by atoms with E-state index in [1.165, 1.54) is 0 Å². The van der Waals surface area contributed by atoms with Crippen molar-refractivity contribution in [3.63, 3.8) is 0 Å². The van der Waals surface area contributed by atoms with Crippen LogP contribution < -0.4 is 5.73 Å². The Bertz CT molecular complexity index is 544. The van der Waals surface area contributed by atoms with Crippen LogP contribution in [0.2, 0.25) is 0 Å². The van der Waals surface area contributed by atoms with Gasteiger partial charge in [-0.1, -0.05) is 5.16 Å². The molecule has 2 rings (SSSR count). The standard InChI is InChI=1S/C12H19N5O2/c1-8(2)18-7-12(3,13)11-14-10(19-16-11)9-5-6-17(4)15-9/h5-6,8H,7,13H2,1-4H3. The molecule has 0 saturated heterocycles. The van der Waals surface area contributed by atoms with E-state index in [1.54, 1.807) is 10.7 Å². The second-order valence-corrected chi connectivity index (χ2v) is 5.08. The van der Waals surface area contributed by atoms with Crippen LogP contribution in [0.4, 0.5) is 0 Å². The van der Waals surface area contributed by atoms with Crippen LogP contribution in [-0.2, 0) is 17.3 Å². The highest BCUT2D eigenvalue weighted by Gasteiger charge is 2.29. The third kappa shape index (κ3) is 3.18. The van der Waals surface area contributed by atoms with Gasteiger partial charge in [0.25, 0.3) is 5.89 Å². The summed E-state index contributed by atoms with van der Waals surface area (Å²) < 4.78 is 12.4. The first-order chi connectivity index (χ1) is 8.88. The molecule has 1 unspecified atom stereocenters. The lowest BCUT2D eigenvalue weighted by Crippen LogP contribution is -2.40. The zero-order chi connectivity index (χ0) is 14.0. The van der Waals surface area contributed by atoms with E-state index in [2.05, 4.69) is 15.2 Å². The molecule has 0 amide bonds. The summed E-state index contributed by atoms with van der Waals surface area (Å²) in [5.74, 6) is 0.769. The van der Waals surface area contributed by atoms with Gasteiger partial charge in [-0.15, -0.1) is 0 Å². The molecule has 2 heterocycles. The Labute approximate surface area is 111 Å². The summed E-state index contributed by atoms with van der Waals surface area (Å²) in [6.45, 7) is 6.03. The van der Waals surface area contributed by atoms with E-state index in [0.717, 1.165) is 0 Å². The van der Waals surface area contributed by atoms with E-state index in [1.807, 2.05) is 34.0 Å². The molecule has 19 heavy (non-hydrogen) atoms. The molecule has 2 aromatic rings. The summed E-state index contributed by atoms with van der Waals surface area (Å²) in [6, 6.07) is 1.80. The molecule has 7 heteroatoms. The summed E-state index contributed by atoms with van der Waals surface area (Å²) in [7, 11) is 1.82. The van der Waals surface area contributed by atoms with Crippen LogP contribution in [0.5, 0.6) is 0 Å². The van der Waals surface area contributed by atoms with Gasteiger partial charge in [-0.3, -0.25) is 4.68 Å². The summed E-state index contributed by atoms with van der Waals surface area (Å²) >= 11 is 0. The SMILES string of the molecule is CC(C)OCC(C)(N)c1noc(-c2ccn(C)n2)n1. The fourth-order valence-corrected chi connectivity index (χ4v) is 1.49. The van der Waals surface area contributed by atoms with E-state index in [9.17, 15) is 0 Å². The molecule has 7 nitrogen and oxygen atoms in total. The fraction of sp³-hybridized carbons (Fsp3) is 0.583. The third-order valence-electron chi connectivity index (χ3n) is 2.59. The van der Waals surface area contributed by atoms with E-state index in [0.29, 0.717) is 24.0 Å². The number of hydrogen-bond acceptors (Lipinski definition) is 6. The molecule has 2 aromatic heterocycles. The lowest BCUT2D eigenvalue weighted by atomic mass is 10.1. The Morgan fingerprint density at radius 1 is 1.53 bits per heavy atom. The molecule has 0 fully saturated rings. The van der Waals surface area contributed by atoms with Crippen molar-refractivity contribution in [2.45, 2.75) is 32.4 Å². The molecule has 0 aliphatic heterocycles. The van der Waals surface area contributed by atoms with Gasteiger partial charge in [0.1, 0.15) is 5.54 Å². The number of aromatic nitrogens is 4. The quantitative estimate of drug-likeness (QED) is 0.869. The van der Waals surface area contributed by atoms with Gasteiger partial charge in [-0.25, -0.2) is 0 Å². The van der Waals surface area contributed by atoms with Gasteiger partial charge < -0.3 is 15.0 Å². The fourth-order valence-electron chi connectivity index (χ4n) is 1.49. The second kappa shape index (κ2) is 5.10. The van der Waals surface area contributed by atoms with E-state index >= 15 is 0 Å². The third-order valence-corrected chi connectivity index (χ3v) is 2.59. The van der Waals surface area contributed by atoms with Crippen molar-refractivity contribution in [3.05, 3.63) is 18.1 Å². The molecule has 104 valence electrons. The molecule has 2 N–H and O–H groups in total. The molecular weight excluding hydrogens is 246 g/mol. The van der Waals surface area contributed by atoms with Crippen LogP contribution in [0, 0.1) is 0 Å². The van der Waals surface area contributed by atoms with Gasteiger partial charge in [0, 0.05) is 13.2 Å². The number of aryl methyl sites for hydroxylation is 1. The Morgan fingerprint density at radius 3 is 2.84 bits per heavy atom. The molecule has 0 saturated carbocycles. The van der Waals surface area contributed by atoms with Crippen molar-refractivity contribution >= 4 is 0 Å². The Morgan fingerprint density at radius 2 is 2.26 bits per heavy atom. The predicted molar refractivity (Wildman–Crippen MR) is 69.1 cm³/mol. The van der Waals surface area contributed by atoms with Crippen LogP contribution in [0.3, 0.4) is 0 Å². The highest BCUT2D eigenvalue weighted by Crippen LogP contribution is 2.20. The number of ether oxygens (including phenoxy) is 1. The maximum Gasteiger partial charge on any atom is 0.278 e. The first kappa shape index (κ1) is 13.7. The van der Waals surface area contributed by atoms with Crippen molar-refractivity contribution < 1.29 is 9.26 Å². The van der Waals surface area contributed by atoms with Crippen molar-refractivity contribution in [2.24, 2.45) is 12.8 Å². The van der Waals surface area contributed by atoms with Crippen molar-refractivity contribution in [1.82, 2.24) is 19.9 Å². The molecular formula is C12H19N5O2. The van der Waals surface area contributed by atoms with Crippen LogP contribution in [0.1, 0.15) is 26.6 Å². The monoisotopic (exact) mass is 265 g/mol. The number of nitrogens with zero attached hydrogens (tertiary/aromatic N) is 4. The van der Waals surface area contributed by atoms with Crippen LogP contribution in [0.25, 0.3) is 11.6 Å². The second-order valence-electron chi connectivity index (χ2n) is 5.08. The summed E-state index contributed by atoms with van der Waals surface area (Å²) in [5.41, 5.74) is 5.98. The average Bonchev–Trinajstić information content (AvgIpc) is 2.94. The normalized spacial score (nSPS) is 14.8. The highest BCUT2D eigenvalue weighted by molar-refractivity contribution is 5.45. The summed E-state index contributed by atoms with van der Waals surface area (Å²) in [6.07, 6.45) is 1.91. The van der Waals surface area contributed by atoms with E-state index < -0.39 is 5.54 Å². The number of nitrogens with two attached hydrogens (primary N) is 1. The maximum atomic E-state index is 6.15. The highest BCUT2D eigenvalue weighted by atomic mass is 16.5. The molecule has 0 aliphatic rings. The van der Waals surface area contributed by atoms with Gasteiger partial charge in [0.15, 0.2) is 11.5 Å². The Hall–Kier alpha value is -1.73. The largest absolute Gasteiger partial charge is 0.376 e. The molecule has 0 bridgehead atoms. The van der Waals surface area contributed by atoms with Gasteiger partial charge in [0.05, 0.1) is 12.7 Å². The lowest BCUT2D eigenvalue weighted by molar-refractivity contribution is 0.0410. The number of hydrogen-bond donors (Lipinski definition) is 1.